The van der Waals surface area contributed by atoms with Gasteiger partial charge in [-0.3, -0.25) is 0 Å². The van der Waals surface area contributed by atoms with Crippen molar-refractivity contribution in [2.24, 2.45) is 0 Å². The molecule has 1 aliphatic rings. The number of nitrogens with zero attached hydrogens (tertiary/aromatic N) is 1. The summed E-state index contributed by atoms with van der Waals surface area (Å²) in [7, 11) is 1.61. The summed E-state index contributed by atoms with van der Waals surface area (Å²) in [5.74, 6) is 0.651. The zero-order chi connectivity index (χ0) is 7.68. The molecule has 1 aromatic heterocycles. The van der Waals surface area contributed by atoms with Gasteiger partial charge in [0.05, 0.1) is 19.4 Å². The van der Waals surface area contributed by atoms with Gasteiger partial charge in [0, 0.05) is 6.07 Å². The van der Waals surface area contributed by atoms with Crippen molar-refractivity contribution >= 4 is 0 Å². The van der Waals surface area contributed by atoms with Crippen LogP contribution in [0.3, 0.4) is 0 Å². The van der Waals surface area contributed by atoms with E-state index in [4.69, 9.17) is 9.47 Å². The summed E-state index contributed by atoms with van der Waals surface area (Å²) in [6, 6.07) is 5.69. The first kappa shape index (κ1) is 6.61. The molecule has 2 heterocycles. The first-order valence-electron chi connectivity index (χ1n) is 3.52. The van der Waals surface area contributed by atoms with Crippen LogP contribution in [0.4, 0.5) is 0 Å². The molecule has 11 heavy (non-hydrogen) atoms. The minimum absolute atomic E-state index is 0.213. The van der Waals surface area contributed by atoms with Crippen LogP contribution in [0.15, 0.2) is 18.2 Å². The minimum Gasteiger partial charge on any atom is -0.481 e. The maximum absolute atomic E-state index is 5.08. The summed E-state index contributed by atoms with van der Waals surface area (Å²) in [5.41, 5.74) is 0.962. The van der Waals surface area contributed by atoms with Gasteiger partial charge in [-0.05, 0) is 6.07 Å². The quantitative estimate of drug-likeness (QED) is 0.595. The van der Waals surface area contributed by atoms with E-state index in [-0.39, 0.29) is 6.10 Å². The lowest BCUT2D eigenvalue weighted by Gasteiger charge is -1.98. The van der Waals surface area contributed by atoms with Crippen molar-refractivity contribution in [1.29, 1.82) is 0 Å². The van der Waals surface area contributed by atoms with Crippen molar-refractivity contribution < 1.29 is 9.47 Å². The van der Waals surface area contributed by atoms with Gasteiger partial charge in [-0.15, -0.1) is 0 Å². The van der Waals surface area contributed by atoms with Gasteiger partial charge >= 0.3 is 0 Å². The third kappa shape index (κ3) is 1.33. The Balaban J connectivity index is 2.26. The highest BCUT2D eigenvalue weighted by Crippen LogP contribution is 2.28. The highest BCUT2D eigenvalue weighted by molar-refractivity contribution is 5.18. The number of rotatable bonds is 2. The van der Waals surface area contributed by atoms with E-state index >= 15 is 0 Å². The highest BCUT2D eigenvalue weighted by Gasteiger charge is 2.26. The Labute approximate surface area is 65.0 Å². The van der Waals surface area contributed by atoms with Gasteiger partial charge in [0.1, 0.15) is 6.10 Å². The second-order valence-electron chi connectivity index (χ2n) is 2.43. The Kier molecular flexibility index (Phi) is 1.51. The molecule has 3 heteroatoms. The average Bonchev–Trinajstić information content (AvgIpc) is 2.87. The summed E-state index contributed by atoms with van der Waals surface area (Å²) < 4.78 is 10.0. The summed E-state index contributed by atoms with van der Waals surface area (Å²) in [6.45, 7) is 0.792. The van der Waals surface area contributed by atoms with Crippen molar-refractivity contribution in [3.63, 3.8) is 0 Å². The number of aromatic nitrogens is 1. The smallest absolute Gasteiger partial charge is 0.213 e. The standard InChI is InChI=1S/C8H9NO2/c1-10-8-4-2-3-6(9-8)7-5-11-7/h2-4,7H,5H2,1H3/t7-/m1/s1. The fourth-order valence-corrected chi connectivity index (χ4v) is 0.943. The van der Waals surface area contributed by atoms with E-state index in [0.29, 0.717) is 5.88 Å². The Hall–Kier alpha value is -1.09. The molecule has 1 aliphatic heterocycles. The average molecular weight is 151 g/mol. The van der Waals surface area contributed by atoms with Crippen LogP contribution >= 0.6 is 0 Å². The molecule has 0 N–H and O–H groups in total. The molecular weight excluding hydrogens is 142 g/mol. The van der Waals surface area contributed by atoms with E-state index in [9.17, 15) is 0 Å². The van der Waals surface area contributed by atoms with E-state index in [1.54, 1.807) is 7.11 Å². The number of ether oxygens (including phenoxy) is 2. The number of methoxy groups -OCH3 is 1. The molecule has 58 valence electrons. The first-order chi connectivity index (χ1) is 5.40. The number of pyridine rings is 1. The van der Waals surface area contributed by atoms with Crippen LogP contribution in [-0.2, 0) is 4.74 Å². The maximum Gasteiger partial charge on any atom is 0.213 e. The predicted octanol–water partition coefficient (Wildman–Crippen LogP) is 1.16. The highest BCUT2D eigenvalue weighted by atomic mass is 16.6. The summed E-state index contributed by atoms with van der Waals surface area (Å²) in [6.07, 6.45) is 0.213. The SMILES string of the molecule is COc1cccc([C@H]2CO2)n1. The van der Waals surface area contributed by atoms with Crippen molar-refractivity contribution in [1.82, 2.24) is 4.98 Å². The molecule has 1 saturated heterocycles. The lowest BCUT2D eigenvalue weighted by molar-refractivity contribution is 0.385. The molecule has 0 spiro atoms. The lowest BCUT2D eigenvalue weighted by Crippen LogP contribution is -1.91. The summed E-state index contributed by atoms with van der Waals surface area (Å²) >= 11 is 0. The van der Waals surface area contributed by atoms with Crippen molar-refractivity contribution in [2.45, 2.75) is 6.10 Å². The molecular formula is C8H9NO2. The number of hydrogen-bond donors (Lipinski definition) is 0. The van der Waals surface area contributed by atoms with Gasteiger partial charge in [-0.2, -0.15) is 0 Å². The second-order valence-corrected chi connectivity index (χ2v) is 2.43. The number of hydrogen-bond acceptors (Lipinski definition) is 3. The van der Waals surface area contributed by atoms with Gasteiger partial charge in [0.25, 0.3) is 0 Å². The minimum atomic E-state index is 0.213. The third-order valence-electron chi connectivity index (χ3n) is 1.62. The Bertz CT molecular complexity index is 258. The molecule has 0 saturated carbocycles. The molecule has 0 aliphatic carbocycles. The van der Waals surface area contributed by atoms with Crippen molar-refractivity contribution in [2.75, 3.05) is 13.7 Å². The fourth-order valence-electron chi connectivity index (χ4n) is 0.943. The van der Waals surface area contributed by atoms with Gasteiger partial charge < -0.3 is 9.47 Å². The van der Waals surface area contributed by atoms with Crippen molar-refractivity contribution in [3.8, 4) is 5.88 Å². The molecule has 0 aromatic carbocycles. The maximum atomic E-state index is 5.08. The predicted molar refractivity (Wildman–Crippen MR) is 39.5 cm³/mol. The molecule has 0 bridgehead atoms. The molecule has 1 fully saturated rings. The largest absolute Gasteiger partial charge is 0.481 e. The van der Waals surface area contributed by atoms with Crippen LogP contribution in [0, 0.1) is 0 Å². The molecule has 2 rings (SSSR count). The van der Waals surface area contributed by atoms with Crippen molar-refractivity contribution in [3.05, 3.63) is 23.9 Å². The summed E-state index contributed by atoms with van der Waals surface area (Å²) in [4.78, 5) is 4.21. The zero-order valence-electron chi connectivity index (χ0n) is 6.28. The monoisotopic (exact) mass is 151 g/mol. The number of epoxide rings is 1. The van der Waals surface area contributed by atoms with E-state index in [0.717, 1.165) is 12.3 Å². The van der Waals surface area contributed by atoms with Gasteiger partial charge in [0.15, 0.2) is 0 Å². The molecule has 0 radical (unpaired) electrons. The van der Waals surface area contributed by atoms with Gasteiger partial charge in [-0.25, -0.2) is 4.98 Å². The topological polar surface area (TPSA) is 34.6 Å². The zero-order valence-corrected chi connectivity index (χ0v) is 6.28. The lowest BCUT2D eigenvalue weighted by atomic mass is 10.3. The van der Waals surface area contributed by atoms with Crippen LogP contribution < -0.4 is 4.74 Å². The molecule has 0 amide bonds. The van der Waals surface area contributed by atoms with Gasteiger partial charge in [-0.1, -0.05) is 6.07 Å². The third-order valence-corrected chi connectivity index (χ3v) is 1.62. The Morgan fingerprint density at radius 1 is 1.64 bits per heavy atom. The van der Waals surface area contributed by atoms with Crippen LogP contribution in [-0.4, -0.2) is 18.7 Å². The van der Waals surface area contributed by atoms with Crippen LogP contribution in [0.5, 0.6) is 5.88 Å². The first-order valence-corrected chi connectivity index (χ1v) is 3.52. The normalized spacial score (nSPS) is 21.4. The Morgan fingerprint density at radius 3 is 3.09 bits per heavy atom. The fraction of sp³-hybridized carbons (Fsp3) is 0.375. The van der Waals surface area contributed by atoms with Gasteiger partial charge in [0.2, 0.25) is 5.88 Å². The molecule has 1 atom stereocenters. The van der Waals surface area contributed by atoms with E-state index in [1.165, 1.54) is 0 Å². The Morgan fingerprint density at radius 2 is 2.45 bits per heavy atom. The van der Waals surface area contributed by atoms with E-state index < -0.39 is 0 Å². The van der Waals surface area contributed by atoms with Crippen LogP contribution in [0.25, 0.3) is 0 Å². The summed E-state index contributed by atoms with van der Waals surface area (Å²) in [5, 5.41) is 0. The molecule has 3 nitrogen and oxygen atoms in total. The van der Waals surface area contributed by atoms with Crippen LogP contribution in [0.1, 0.15) is 11.8 Å². The van der Waals surface area contributed by atoms with E-state index in [1.807, 2.05) is 18.2 Å². The molecule has 0 unspecified atom stereocenters. The molecule has 1 aromatic rings. The van der Waals surface area contributed by atoms with Crippen LogP contribution in [0.2, 0.25) is 0 Å². The van der Waals surface area contributed by atoms with E-state index in [2.05, 4.69) is 4.98 Å². The second kappa shape index (κ2) is 2.51.